The van der Waals surface area contributed by atoms with Crippen LogP contribution in [-0.2, 0) is 0 Å². The van der Waals surface area contributed by atoms with E-state index >= 15 is 0 Å². The van der Waals surface area contributed by atoms with Crippen LogP contribution in [0.25, 0.3) is 28.2 Å². The topological polar surface area (TPSA) is 54.7 Å². The maximum atomic E-state index is 12.2. The van der Waals surface area contributed by atoms with Gasteiger partial charge >= 0.3 is 5.63 Å². The molecule has 1 N–H and O–H groups in total. The Kier molecular flexibility index (Phi) is 6.34. The standard InChI is InChI=1S/C29H28N2O3/c1-33-25-9-5-8-22(18-25)23-10-11-28-26(19-23)27(20-29(32)34-28)30-24-13-16-31(17-14-24)15-12-21-6-3-2-4-7-21/h2-12,15,18-20,24,30H,13-14,16-17H2,1H3/b15-12+. The number of nitrogens with one attached hydrogen (secondary N) is 1. The molecule has 0 bridgehead atoms. The summed E-state index contributed by atoms with van der Waals surface area (Å²) in [6, 6.07) is 26.1. The van der Waals surface area contributed by atoms with Gasteiger partial charge in [0.05, 0.1) is 12.8 Å². The molecule has 5 nitrogen and oxygen atoms in total. The van der Waals surface area contributed by atoms with E-state index in [2.05, 4.69) is 58.9 Å². The van der Waals surface area contributed by atoms with Gasteiger partial charge in [-0.1, -0.05) is 48.5 Å². The van der Waals surface area contributed by atoms with Crippen molar-refractivity contribution in [2.75, 3.05) is 25.5 Å². The number of benzene rings is 3. The zero-order valence-electron chi connectivity index (χ0n) is 19.2. The van der Waals surface area contributed by atoms with E-state index in [1.54, 1.807) is 13.2 Å². The first-order chi connectivity index (χ1) is 16.7. The van der Waals surface area contributed by atoms with Crippen LogP contribution in [0.15, 0.2) is 94.3 Å². The van der Waals surface area contributed by atoms with Crippen LogP contribution >= 0.6 is 0 Å². The van der Waals surface area contributed by atoms with Crippen LogP contribution in [-0.4, -0.2) is 31.1 Å². The Balaban J connectivity index is 1.33. The van der Waals surface area contributed by atoms with Crippen LogP contribution in [0.4, 0.5) is 5.69 Å². The third kappa shape index (κ3) is 4.99. The fourth-order valence-corrected chi connectivity index (χ4v) is 4.43. The van der Waals surface area contributed by atoms with Crippen molar-refractivity contribution >= 4 is 22.7 Å². The molecule has 1 aliphatic rings. The number of methoxy groups -OCH3 is 1. The van der Waals surface area contributed by atoms with Crippen LogP contribution in [0, 0.1) is 0 Å². The lowest BCUT2D eigenvalue weighted by molar-refractivity contribution is 0.295. The summed E-state index contributed by atoms with van der Waals surface area (Å²) in [6.45, 7) is 1.94. The van der Waals surface area contributed by atoms with Crippen molar-refractivity contribution < 1.29 is 9.15 Å². The van der Waals surface area contributed by atoms with Crippen LogP contribution in [0.2, 0.25) is 0 Å². The minimum Gasteiger partial charge on any atom is -0.497 e. The molecule has 5 heteroatoms. The number of rotatable bonds is 6. The summed E-state index contributed by atoms with van der Waals surface area (Å²) in [5, 5.41) is 4.53. The number of ether oxygens (including phenoxy) is 1. The molecule has 5 rings (SSSR count). The number of nitrogens with zero attached hydrogens (tertiary/aromatic N) is 1. The molecule has 0 unspecified atom stereocenters. The van der Waals surface area contributed by atoms with E-state index in [4.69, 9.17) is 9.15 Å². The molecule has 0 aliphatic carbocycles. The first kappa shape index (κ1) is 21.8. The Morgan fingerprint density at radius 1 is 0.941 bits per heavy atom. The second-order valence-electron chi connectivity index (χ2n) is 8.60. The van der Waals surface area contributed by atoms with E-state index < -0.39 is 0 Å². The smallest absolute Gasteiger partial charge is 0.338 e. The van der Waals surface area contributed by atoms with Crippen LogP contribution in [0.1, 0.15) is 18.4 Å². The summed E-state index contributed by atoms with van der Waals surface area (Å²) in [5.74, 6) is 0.809. The van der Waals surface area contributed by atoms with E-state index in [0.717, 1.165) is 53.9 Å². The molecule has 172 valence electrons. The van der Waals surface area contributed by atoms with E-state index in [1.807, 2.05) is 36.4 Å². The minimum absolute atomic E-state index is 0.298. The molecule has 1 aromatic heterocycles. The van der Waals surface area contributed by atoms with Crippen molar-refractivity contribution in [3.8, 4) is 16.9 Å². The molecule has 1 aliphatic heterocycles. The molecule has 2 heterocycles. The number of hydrogen-bond donors (Lipinski definition) is 1. The van der Waals surface area contributed by atoms with Gasteiger partial charge in [0.1, 0.15) is 11.3 Å². The number of likely N-dealkylation sites (tertiary alicyclic amines) is 1. The van der Waals surface area contributed by atoms with Gasteiger partial charge in [0.25, 0.3) is 0 Å². The second kappa shape index (κ2) is 9.87. The lowest BCUT2D eigenvalue weighted by Gasteiger charge is -2.32. The van der Waals surface area contributed by atoms with Crippen LogP contribution in [0.3, 0.4) is 0 Å². The van der Waals surface area contributed by atoms with E-state index in [-0.39, 0.29) is 5.63 Å². The number of fused-ring (bicyclic) bond motifs is 1. The zero-order valence-corrected chi connectivity index (χ0v) is 19.2. The van der Waals surface area contributed by atoms with Gasteiger partial charge in [0.2, 0.25) is 0 Å². The molecule has 4 aromatic rings. The van der Waals surface area contributed by atoms with Crippen molar-refractivity contribution in [2.45, 2.75) is 18.9 Å². The van der Waals surface area contributed by atoms with E-state index in [0.29, 0.717) is 11.6 Å². The molecule has 34 heavy (non-hydrogen) atoms. The van der Waals surface area contributed by atoms with Gasteiger partial charge in [-0.15, -0.1) is 0 Å². The summed E-state index contributed by atoms with van der Waals surface area (Å²) in [5.41, 5.74) is 4.38. The number of piperidine rings is 1. The molecule has 3 aromatic carbocycles. The van der Waals surface area contributed by atoms with Crippen molar-refractivity contribution in [3.05, 3.63) is 101 Å². The van der Waals surface area contributed by atoms with Gasteiger partial charge in [-0.2, -0.15) is 0 Å². The summed E-state index contributed by atoms with van der Waals surface area (Å²) in [7, 11) is 1.67. The van der Waals surface area contributed by atoms with Gasteiger partial charge in [0, 0.05) is 30.6 Å². The first-order valence-corrected chi connectivity index (χ1v) is 11.6. The van der Waals surface area contributed by atoms with Crippen molar-refractivity contribution in [1.82, 2.24) is 4.90 Å². The molecule has 0 radical (unpaired) electrons. The Bertz CT molecular complexity index is 1350. The Morgan fingerprint density at radius 2 is 1.74 bits per heavy atom. The average molecular weight is 453 g/mol. The number of anilines is 1. The van der Waals surface area contributed by atoms with Crippen LogP contribution in [0.5, 0.6) is 5.75 Å². The molecular weight excluding hydrogens is 424 g/mol. The zero-order chi connectivity index (χ0) is 23.3. The lowest BCUT2D eigenvalue weighted by atomic mass is 10.0. The maximum absolute atomic E-state index is 12.2. The van der Waals surface area contributed by atoms with Gasteiger partial charge < -0.3 is 19.4 Å². The van der Waals surface area contributed by atoms with Crippen molar-refractivity contribution in [2.24, 2.45) is 0 Å². The minimum atomic E-state index is -0.340. The van der Waals surface area contributed by atoms with Crippen LogP contribution < -0.4 is 15.7 Å². The maximum Gasteiger partial charge on any atom is 0.338 e. The third-order valence-corrected chi connectivity index (χ3v) is 6.31. The fraction of sp³-hybridized carbons (Fsp3) is 0.207. The molecule has 1 saturated heterocycles. The van der Waals surface area contributed by atoms with Gasteiger partial charge in [-0.3, -0.25) is 0 Å². The highest BCUT2D eigenvalue weighted by Crippen LogP contribution is 2.31. The summed E-state index contributed by atoms with van der Waals surface area (Å²) in [6.07, 6.45) is 6.33. The van der Waals surface area contributed by atoms with Gasteiger partial charge in [0.15, 0.2) is 0 Å². The molecule has 1 fully saturated rings. The highest BCUT2D eigenvalue weighted by Gasteiger charge is 2.19. The quantitative estimate of drug-likeness (QED) is 0.363. The predicted octanol–water partition coefficient (Wildman–Crippen LogP) is 6.02. The Morgan fingerprint density at radius 3 is 2.53 bits per heavy atom. The molecule has 0 amide bonds. The normalized spacial score (nSPS) is 14.6. The highest BCUT2D eigenvalue weighted by atomic mass is 16.5. The largest absolute Gasteiger partial charge is 0.497 e. The predicted molar refractivity (Wildman–Crippen MR) is 138 cm³/mol. The van der Waals surface area contributed by atoms with E-state index in [9.17, 15) is 4.79 Å². The van der Waals surface area contributed by atoms with Crippen molar-refractivity contribution in [1.29, 1.82) is 0 Å². The molecular formula is C29H28N2O3. The first-order valence-electron chi connectivity index (χ1n) is 11.6. The number of hydrogen-bond acceptors (Lipinski definition) is 5. The Hall–Kier alpha value is -3.99. The SMILES string of the molecule is COc1cccc(-c2ccc3oc(=O)cc(NC4CCN(/C=C/c5ccccc5)CC4)c3c2)c1. The summed E-state index contributed by atoms with van der Waals surface area (Å²) >= 11 is 0. The van der Waals surface area contributed by atoms with Gasteiger partial charge in [-0.05, 0) is 66.1 Å². The molecule has 0 atom stereocenters. The average Bonchev–Trinajstić information content (AvgIpc) is 2.88. The Labute approximate surface area is 199 Å². The second-order valence-corrected chi connectivity index (χ2v) is 8.60. The molecule has 0 saturated carbocycles. The summed E-state index contributed by atoms with van der Waals surface area (Å²) in [4.78, 5) is 14.6. The third-order valence-electron chi connectivity index (χ3n) is 6.31. The highest BCUT2D eigenvalue weighted by molar-refractivity contribution is 5.93. The lowest BCUT2D eigenvalue weighted by Crippen LogP contribution is -2.36. The van der Waals surface area contributed by atoms with E-state index in [1.165, 1.54) is 5.56 Å². The monoisotopic (exact) mass is 452 g/mol. The van der Waals surface area contributed by atoms with Crippen molar-refractivity contribution in [3.63, 3.8) is 0 Å². The van der Waals surface area contributed by atoms with Gasteiger partial charge in [-0.25, -0.2) is 4.79 Å². The summed E-state index contributed by atoms with van der Waals surface area (Å²) < 4.78 is 10.9. The fourth-order valence-electron chi connectivity index (χ4n) is 4.43. The molecule has 0 spiro atoms.